The molecule has 0 saturated carbocycles. The summed E-state index contributed by atoms with van der Waals surface area (Å²) in [5, 5.41) is 12.9. The van der Waals surface area contributed by atoms with E-state index < -0.39 is 0 Å². The van der Waals surface area contributed by atoms with Crippen LogP contribution in [0.15, 0.2) is 60.2 Å². The third kappa shape index (κ3) is 1.90. The van der Waals surface area contributed by atoms with Crippen molar-refractivity contribution in [3.05, 3.63) is 71.3 Å². The molecule has 1 N–H and O–H groups in total. The number of anilines is 1. The number of nitrogens with one attached hydrogen (secondary N) is 1. The number of fused-ring (bicyclic) bond motifs is 1. The summed E-state index contributed by atoms with van der Waals surface area (Å²) in [5.41, 5.74) is 5.13. The molecular weight excluding hydrogens is 232 g/mol. The van der Waals surface area contributed by atoms with Gasteiger partial charge < -0.3 is 5.32 Å². The largest absolute Gasteiger partial charge is 0.377 e. The van der Waals surface area contributed by atoms with Gasteiger partial charge in [-0.05, 0) is 18.6 Å². The Hall–Kier alpha value is -2.53. The van der Waals surface area contributed by atoms with Crippen molar-refractivity contribution in [2.24, 2.45) is 0 Å². The smallest absolute Gasteiger partial charge is 0.0975 e. The molecule has 3 rings (SSSR count). The van der Waals surface area contributed by atoms with Gasteiger partial charge in [-0.15, -0.1) is 0 Å². The lowest BCUT2D eigenvalue weighted by atomic mass is 9.86. The second-order valence-corrected chi connectivity index (χ2v) is 4.68. The van der Waals surface area contributed by atoms with E-state index in [2.05, 4.69) is 35.7 Å². The van der Waals surface area contributed by atoms with Crippen LogP contribution in [0.3, 0.4) is 0 Å². The Balaban J connectivity index is 2.30. The monoisotopic (exact) mass is 246 g/mol. The molecule has 2 aromatic rings. The van der Waals surface area contributed by atoms with Crippen LogP contribution in [0.4, 0.5) is 5.69 Å². The van der Waals surface area contributed by atoms with Crippen molar-refractivity contribution in [3.63, 3.8) is 0 Å². The van der Waals surface area contributed by atoms with E-state index in [1.807, 2.05) is 37.3 Å². The zero-order valence-electron chi connectivity index (χ0n) is 10.7. The zero-order chi connectivity index (χ0) is 13.2. The Labute approximate surface area is 113 Å². The van der Waals surface area contributed by atoms with Gasteiger partial charge in [-0.1, -0.05) is 48.5 Å². The molecule has 0 amide bonds. The standard InChI is InChI=1S/C17H14N2/c1-12-15(11-18)17(13-7-3-2-4-8-13)14-9-5-6-10-16(14)19-12/h2-10,12,19H,1H3. The van der Waals surface area contributed by atoms with E-state index in [1.54, 1.807) is 0 Å². The van der Waals surface area contributed by atoms with Crippen molar-refractivity contribution >= 4 is 11.3 Å². The molecule has 2 heteroatoms. The minimum absolute atomic E-state index is 0.0371. The van der Waals surface area contributed by atoms with Crippen molar-refractivity contribution in [2.75, 3.05) is 5.32 Å². The van der Waals surface area contributed by atoms with E-state index in [4.69, 9.17) is 0 Å². The van der Waals surface area contributed by atoms with E-state index in [0.29, 0.717) is 0 Å². The normalized spacial score (nSPS) is 17.4. The maximum absolute atomic E-state index is 9.47. The summed E-state index contributed by atoms with van der Waals surface area (Å²) in [4.78, 5) is 0. The van der Waals surface area contributed by atoms with Crippen molar-refractivity contribution in [3.8, 4) is 6.07 Å². The molecule has 0 saturated heterocycles. The molecule has 1 aliphatic rings. The zero-order valence-corrected chi connectivity index (χ0v) is 10.7. The summed E-state index contributed by atoms with van der Waals surface area (Å²) in [6, 6.07) is 20.7. The van der Waals surface area contributed by atoms with E-state index in [0.717, 1.165) is 28.0 Å². The first-order valence-electron chi connectivity index (χ1n) is 6.37. The van der Waals surface area contributed by atoms with Crippen LogP contribution >= 0.6 is 0 Å². The first-order valence-corrected chi connectivity index (χ1v) is 6.37. The SMILES string of the molecule is CC1Nc2ccccc2C(c2ccccc2)=C1C#N. The average Bonchev–Trinajstić information content (AvgIpc) is 2.46. The summed E-state index contributed by atoms with van der Waals surface area (Å²) in [7, 11) is 0. The molecule has 0 bridgehead atoms. The van der Waals surface area contributed by atoms with Gasteiger partial charge in [0.1, 0.15) is 0 Å². The fraction of sp³-hybridized carbons (Fsp3) is 0.118. The molecule has 1 atom stereocenters. The molecule has 0 spiro atoms. The number of nitriles is 1. The predicted octanol–water partition coefficient (Wildman–Crippen LogP) is 3.83. The second kappa shape index (κ2) is 4.62. The van der Waals surface area contributed by atoms with Crippen LogP contribution in [0.2, 0.25) is 0 Å². The third-order valence-electron chi connectivity index (χ3n) is 3.45. The van der Waals surface area contributed by atoms with Gasteiger partial charge in [-0.25, -0.2) is 0 Å². The first-order chi connectivity index (χ1) is 9.31. The molecule has 1 unspecified atom stereocenters. The van der Waals surface area contributed by atoms with Gasteiger partial charge in [-0.2, -0.15) is 5.26 Å². The van der Waals surface area contributed by atoms with Gasteiger partial charge >= 0.3 is 0 Å². The van der Waals surface area contributed by atoms with Gasteiger partial charge in [0, 0.05) is 16.8 Å². The fourth-order valence-electron chi connectivity index (χ4n) is 2.56. The lowest BCUT2D eigenvalue weighted by molar-refractivity contribution is 0.945. The van der Waals surface area contributed by atoms with E-state index in [1.165, 1.54) is 0 Å². The minimum atomic E-state index is 0.0371. The summed E-state index contributed by atoms with van der Waals surface area (Å²) in [6.45, 7) is 2.03. The molecule has 19 heavy (non-hydrogen) atoms. The lowest BCUT2D eigenvalue weighted by Crippen LogP contribution is -2.23. The van der Waals surface area contributed by atoms with Gasteiger partial charge in [0.15, 0.2) is 0 Å². The maximum Gasteiger partial charge on any atom is 0.0975 e. The number of rotatable bonds is 1. The van der Waals surface area contributed by atoms with Crippen molar-refractivity contribution in [1.29, 1.82) is 5.26 Å². The molecule has 0 aromatic heterocycles. The molecule has 92 valence electrons. The van der Waals surface area contributed by atoms with E-state index in [-0.39, 0.29) is 6.04 Å². The van der Waals surface area contributed by atoms with Gasteiger partial charge in [0.25, 0.3) is 0 Å². The summed E-state index contributed by atoms with van der Waals surface area (Å²) >= 11 is 0. The highest BCUT2D eigenvalue weighted by Crippen LogP contribution is 2.37. The van der Waals surface area contributed by atoms with Crippen LogP contribution < -0.4 is 5.32 Å². The number of hydrogen-bond donors (Lipinski definition) is 1. The highest BCUT2D eigenvalue weighted by molar-refractivity contribution is 5.92. The molecule has 0 aliphatic carbocycles. The van der Waals surface area contributed by atoms with E-state index in [9.17, 15) is 5.26 Å². The molecule has 0 fully saturated rings. The van der Waals surface area contributed by atoms with Crippen molar-refractivity contribution in [1.82, 2.24) is 0 Å². The topological polar surface area (TPSA) is 35.8 Å². The molecular formula is C17H14N2. The minimum Gasteiger partial charge on any atom is -0.377 e. The number of nitrogens with zero attached hydrogens (tertiary/aromatic N) is 1. The maximum atomic E-state index is 9.47. The van der Waals surface area contributed by atoms with Crippen LogP contribution in [-0.4, -0.2) is 6.04 Å². The molecule has 1 heterocycles. The summed E-state index contributed by atoms with van der Waals surface area (Å²) in [5.74, 6) is 0. The van der Waals surface area contributed by atoms with Crippen molar-refractivity contribution < 1.29 is 0 Å². The third-order valence-corrected chi connectivity index (χ3v) is 3.45. The Morgan fingerprint density at radius 2 is 1.68 bits per heavy atom. The molecule has 1 aliphatic heterocycles. The van der Waals surface area contributed by atoms with Crippen LogP contribution in [-0.2, 0) is 0 Å². The Bertz CT molecular complexity index is 678. The lowest BCUT2D eigenvalue weighted by Gasteiger charge is -2.27. The summed E-state index contributed by atoms with van der Waals surface area (Å²) in [6.07, 6.45) is 0. The Morgan fingerprint density at radius 1 is 1.00 bits per heavy atom. The highest BCUT2D eigenvalue weighted by atomic mass is 14.9. The molecule has 2 nitrogen and oxygen atoms in total. The number of benzene rings is 2. The number of hydrogen-bond acceptors (Lipinski definition) is 2. The van der Waals surface area contributed by atoms with Crippen LogP contribution in [0.25, 0.3) is 5.57 Å². The molecule has 0 radical (unpaired) electrons. The Morgan fingerprint density at radius 3 is 2.42 bits per heavy atom. The average molecular weight is 246 g/mol. The van der Waals surface area contributed by atoms with Crippen LogP contribution in [0.5, 0.6) is 0 Å². The van der Waals surface area contributed by atoms with Gasteiger partial charge in [0.05, 0.1) is 17.7 Å². The van der Waals surface area contributed by atoms with Gasteiger partial charge in [0.2, 0.25) is 0 Å². The number of para-hydroxylation sites is 1. The quantitative estimate of drug-likeness (QED) is 0.830. The highest BCUT2D eigenvalue weighted by Gasteiger charge is 2.24. The van der Waals surface area contributed by atoms with Crippen LogP contribution in [0.1, 0.15) is 18.1 Å². The Kier molecular flexibility index (Phi) is 2.81. The summed E-state index contributed by atoms with van der Waals surface area (Å²) < 4.78 is 0. The molecule has 2 aromatic carbocycles. The van der Waals surface area contributed by atoms with Gasteiger partial charge in [-0.3, -0.25) is 0 Å². The van der Waals surface area contributed by atoms with Crippen molar-refractivity contribution in [2.45, 2.75) is 13.0 Å². The first kappa shape index (κ1) is 11.6. The van der Waals surface area contributed by atoms with E-state index >= 15 is 0 Å². The second-order valence-electron chi connectivity index (χ2n) is 4.68. The fourth-order valence-corrected chi connectivity index (χ4v) is 2.56. The predicted molar refractivity (Wildman–Crippen MR) is 77.6 cm³/mol. The van der Waals surface area contributed by atoms with Crippen LogP contribution in [0, 0.1) is 11.3 Å².